The molecule has 0 bridgehead atoms. The number of rotatable bonds is 4. The summed E-state index contributed by atoms with van der Waals surface area (Å²) in [5.41, 5.74) is 3.94. The highest BCUT2D eigenvalue weighted by atomic mass is 16.5. The van der Waals surface area contributed by atoms with Crippen LogP contribution >= 0.6 is 0 Å². The Balaban J connectivity index is 1.45. The number of amides is 1. The number of aromatic nitrogens is 2. The molecular formula is C20H20N4O2. The second-order valence-corrected chi connectivity index (χ2v) is 6.35. The lowest BCUT2D eigenvalue weighted by Gasteiger charge is -2.18. The highest BCUT2D eigenvalue weighted by molar-refractivity contribution is 6.05. The van der Waals surface area contributed by atoms with Crippen molar-refractivity contribution in [2.75, 3.05) is 30.4 Å². The fraction of sp³-hybridized carbons (Fsp3) is 0.250. The Hall–Kier alpha value is -2.99. The van der Waals surface area contributed by atoms with Gasteiger partial charge < -0.3 is 15.0 Å². The summed E-state index contributed by atoms with van der Waals surface area (Å²) in [6.07, 6.45) is 4.60. The molecule has 1 aliphatic heterocycles. The van der Waals surface area contributed by atoms with Crippen molar-refractivity contribution in [2.24, 2.45) is 0 Å². The Morgan fingerprint density at radius 3 is 2.62 bits per heavy atom. The van der Waals surface area contributed by atoms with Gasteiger partial charge >= 0.3 is 0 Å². The number of methoxy groups -OCH3 is 1. The number of nitrogens with one attached hydrogen (secondary N) is 1. The van der Waals surface area contributed by atoms with Gasteiger partial charge in [0.15, 0.2) is 0 Å². The van der Waals surface area contributed by atoms with Gasteiger partial charge in [-0.05, 0) is 48.9 Å². The van der Waals surface area contributed by atoms with Crippen LogP contribution < -0.4 is 10.2 Å². The van der Waals surface area contributed by atoms with Gasteiger partial charge in [0.05, 0.1) is 17.1 Å². The molecule has 1 aliphatic rings. The number of fused-ring (bicyclic) bond motifs is 1. The summed E-state index contributed by atoms with van der Waals surface area (Å²) in [7, 11) is 1.76. The summed E-state index contributed by atoms with van der Waals surface area (Å²) in [4.78, 5) is 23.2. The quantitative estimate of drug-likeness (QED) is 0.785. The lowest BCUT2D eigenvalue weighted by atomic mass is 10.1. The number of hydrogen-bond acceptors (Lipinski definition) is 5. The summed E-state index contributed by atoms with van der Waals surface area (Å²) in [6, 6.07) is 13.2. The molecule has 1 atom stereocenters. The molecule has 0 unspecified atom stereocenters. The average molecular weight is 348 g/mol. The van der Waals surface area contributed by atoms with Crippen molar-refractivity contribution in [3.63, 3.8) is 0 Å². The Morgan fingerprint density at radius 1 is 1.12 bits per heavy atom. The largest absolute Gasteiger partial charge is 0.380 e. The first kappa shape index (κ1) is 16.5. The molecule has 1 aromatic heterocycles. The Morgan fingerprint density at radius 2 is 1.88 bits per heavy atom. The molecule has 0 saturated carbocycles. The van der Waals surface area contributed by atoms with Crippen LogP contribution in [0.3, 0.4) is 0 Å². The fourth-order valence-electron chi connectivity index (χ4n) is 3.22. The van der Waals surface area contributed by atoms with E-state index in [-0.39, 0.29) is 5.91 Å². The molecule has 2 heterocycles. The van der Waals surface area contributed by atoms with Gasteiger partial charge in [-0.1, -0.05) is 0 Å². The molecule has 4 rings (SSSR count). The van der Waals surface area contributed by atoms with E-state index in [1.807, 2.05) is 24.3 Å². The molecular weight excluding hydrogens is 328 g/mol. The Kier molecular flexibility index (Phi) is 4.50. The Bertz CT molecular complexity index is 927. The second kappa shape index (κ2) is 7.09. The minimum atomic E-state index is -0.161. The van der Waals surface area contributed by atoms with Crippen LogP contribution in [0.1, 0.15) is 16.8 Å². The van der Waals surface area contributed by atoms with Crippen molar-refractivity contribution >= 4 is 28.3 Å². The molecule has 26 heavy (non-hydrogen) atoms. The smallest absolute Gasteiger partial charge is 0.255 e. The van der Waals surface area contributed by atoms with Crippen molar-refractivity contribution in [1.29, 1.82) is 0 Å². The maximum atomic E-state index is 12.5. The van der Waals surface area contributed by atoms with Gasteiger partial charge in [0.1, 0.15) is 0 Å². The fourth-order valence-corrected chi connectivity index (χ4v) is 3.22. The SMILES string of the molecule is CO[C@H]1CCN(c2ccc(NC(=O)c3ccc4nccnc4c3)cc2)C1. The van der Waals surface area contributed by atoms with Gasteiger partial charge in [-0.3, -0.25) is 14.8 Å². The summed E-state index contributed by atoms with van der Waals surface area (Å²) in [5, 5.41) is 2.93. The maximum absolute atomic E-state index is 12.5. The van der Waals surface area contributed by atoms with Crippen LogP contribution in [0.4, 0.5) is 11.4 Å². The predicted octanol–water partition coefficient (Wildman–Crippen LogP) is 3.11. The standard InChI is InChI=1S/C20H20N4O2/c1-26-17-8-11-24(13-17)16-5-3-15(4-6-16)23-20(25)14-2-7-18-19(12-14)22-10-9-21-18/h2-7,9-10,12,17H,8,11,13H2,1H3,(H,23,25)/t17-/m0/s1. The molecule has 132 valence electrons. The molecule has 6 heteroatoms. The van der Waals surface area contributed by atoms with Crippen LogP contribution in [-0.4, -0.2) is 42.2 Å². The molecule has 1 amide bonds. The van der Waals surface area contributed by atoms with Crippen molar-refractivity contribution in [1.82, 2.24) is 9.97 Å². The van der Waals surface area contributed by atoms with Crippen LogP contribution in [0.15, 0.2) is 54.9 Å². The van der Waals surface area contributed by atoms with Crippen LogP contribution in [0.2, 0.25) is 0 Å². The van der Waals surface area contributed by atoms with Crippen LogP contribution in [0.25, 0.3) is 11.0 Å². The van der Waals surface area contributed by atoms with E-state index in [1.165, 1.54) is 0 Å². The molecule has 0 spiro atoms. The molecule has 6 nitrogen and oxygen atoms in total. The number of carbonyl (C=O) groups is 1. The van der Waals surface area contributed by atoms with Gasteiger partial charge in [-0.15, -0.1) is 0 Å². The molecule has 0 aliphatic carbocycles. The van der Waals surface area contributed by atoms with E-state index in [2.05, 4.69) is 20.2 Å². The number of anilines is 2. The zero-order chi connectivity index (χ0) is 17.9. The van der Waals surface area contributed by atoms with Gasteiger partial charge in [0.25, 0.3) is 5.91 Å². The van der Waals surface area contributed by atoms with E-state index in [4.69, 9.17) is 4.74 Å². The van der Waals surface area contributed by atoms with E-state index in [1.54, 1.807) is 37.7 Å². The first-order valence-corrected chi connectivity index (χ1v) is 8.63. The van der Waals surface area contributed by atoms with Crippen LogP contribution in [0, 0.1) is 0 Å². The minimum Gasteiger partial charge on any atom is -0.380 e. The van der Waals surface area contributed by atoms with E-state index in [9.17, 15) is 4.79 Å². The number of ether oxygens (including phenoxy) is 1. The molecule has 3 aromatic rings. The third kappa shape index (κ3) is 3.36. The van der Waals surface area contributed by atoms with Crippen LogP contribution in [0.5, 0.6) is 0 Å². The second-order valence-electron chi connectivity index (χ2n) is 6.35. The highest BCUT2D eigenvalue weighted by Gasteiger charge is 2.22. The molecule has 1 fully saturated rings. The number of nitrogens with zero attached hydrogens (tertiary/aromatic N) is 3. The molecule has 1 saturated heterocycles. The van der Waals surface area contributed by atoms with E-state index in [0.29, 0.717) is 17.2 Å². The van der Waals surface area contributed by atoms with E-state index >= 15 is 0 Å². The van der Waals surface area contributed by atoms with Gasteiger partial charge in [0.2, 0.25) is 0 Å². The van der Waals surface area contributed by atoms with Crippen molar-refractivity contribution in [2.45, 2.75) is 12.5 Å². The summed E-state index contributed by atoms with van der Waals surface area (Å²) < 4.78 is 5.41. The number of benzene rings is 2. The predicted molar refractivity (Wildman–Crippen MR) is 102 cm³/mol. The lowest BCUT2D eigenvalue weighted by Crippen LogP contribution is -2.22. The van der Waals surface area contributed by atoms with Crippen molar-refractivity contribution in [3.8, 4) is 0 Å². The van der Waals surface area contributed by atoms with Gasteiger partial charge in [-0.25, -0.2) is 0 Å². The normalized spacial score (nSPS) is 16.8. The van der Waals surface area contributed by atoms with E-state index < -0.39 is 0 Å². The summed E-state index contributed by atoms with van der Waals surface area (Å²) >= 11 is 0. The summed E-state index contributed by atoms with van der Waals surface area (Å²) in [5.74, 6) is -0.161. The third-order valence-electron chi connectivity index (χ3n) is 4.70. The van der Waals surface area contributed by atoms with E-state index in [0.717, 1.165) is 36.4 Å². The minimum absolute atomic E-state index is 0.161. The molecule has 2 aromatic carbocycles. The van der Waals surface area contributed by atoms with Gasteiger partial charge in [-0.2, -0.15) is 0 Å². The molecule has 1 N–H and O–H groups in total. The first-order chi connectivity index (χ1) is 12.7. The van der Waals surface area contributed by atoms with Gasteiger partial charge in [0, 0.05) is 49.5 Å². The van der Waals surface area contributed by atoms with Crippen LogP contribution in [-0.2, 0) is 4.74 Å². The topological polar surface area (TPSA) is 67.3 Å². The zero-order valence-electron chi connectivity index (χ0n) is 14.6. The molecule has 0 radical (unpaired) electrons. The third-order valence-corrected chi connectivity index (χ3v) is 4.70. The lowest BCUT2D eigenvalue weighted by molar-refractivity contribution is 0.102. The highest BCUT2D eigenvalue weighted by Crippen LogP contribution is 2.23. The number of hydrogen-bond donors (Lipinski definition) is 1. The number of carbonyl (C=O) groups excluding carboxylic acids is 1. The van der Waals surface area contributed by atoms with Crippen molar-refractivity contribution < 1.29 is 9.53 Å². The Labute approximate surface area is 151 Å². The monoisotopic (exact) mass is 348 g/mol. The summed E-state index contributed by atoms with van der Waals surface area (Å²) in [6.45, 7) is 1.89. The first-order valence-electron chi connectivity index (χ1n) is 8.63. The zero-order valence-corrected chi connectivity index (χ0v) is 14.6. The maximum Gasteiger partial charge on any atom is 0.255 e. The van der Waals surface area contributed by atoms with Crippen molar-refractivity contribution in [3.05, 3.63) is 60.4 Å². The average Bonchev–Trinajstić information content (AvgIpc) is 3.17.